The van der Waals surface area contributed by atoms with Gasteiger partial charge in [0.15, 0.2) is 0 Å². The lowest BCUT2D eigenvalue weighted by Gasteiger charge is -2.09. The molecule has 21 heavy (non-hydrogen) atoms. The Balaban J connectivity index is 1.87. The zero-order valence-electron chi connectivity index (χ0n) is 12.2. The molecule has 3 heteroatoms. The molecule has 2 rings (SSSR count). The molecular formula is C18H20BrNO. The zero-order valence-corrected chi connectivity index (χ0v) is 13.8. The highest BCUT2D eigenvalue weighted by atomic mass is 79.9. The highest BCUT2D eigenvalue weighted by Crippen LogP contribution is 2.26. The molecule has 0 amide bonds. The van der Waals surface area contributed by atoms with Gasteiger partial charge in [0.2, 0.25) is 0 Å². The van der Waals surface area contributed by atoms with E-state index in [4.69, 9.17) is 4.74 Å². The smallest absolute Gasteiger partial charge is 0.133 e. The van der Waals surface area contributed by atoms with E-state index < -0.39 is 0 Å². The number of nitrogens with one attached hydrogen (secondary N) is 1. The number of hydrogen-bond donors (Lipinski definition) is 1. The first-order valence-corrected chi connectivity index (χ1v) is 7.76. The van der Waals surface area contributed by atoms with Crippen molar-refractivity contribution in [1.82, 2.24) is 5.32 Å². The number of rotatable bonds is 7. The molecule has 2 aromatic rings. The molecule has 0 aliphatic heterocycles. The highest BCUT2D eigenvalue weighted by Gasteiger charge is 2.02. The third kappa shape index (κ3) is 5.03. The van der Waals surface area contributed by atoms with Gasteiger partial charge in [-0.25, -0.2) is 0 Å². The Hall–Kier alpha value is -1.58. The number of aryl methyl sites for hydroxylation is 1. The standard InChI is InChI=1S/C18H20BrNO/c1-3-10-21-18-9-8-16(11-17(18)19)13-20-12-15-6-4-14(2)5-7-15/h3-9,11,20H,1,10,12-13H2,2H3. The molecule has 0 heterocycles. The summed E-state index contributed by atoms with van der Waals surface area (Å²) in [6.07, 6.45) is 1.74. The summed E-state index contributed by atoms with van der Waals surface area (Å²) >= 11 is 3.54. The van der Waals surface area contributed by atoms with Crippen LogP contribution in [0.25, 0.3) is 0 Å². The van der Waals surface area contributed by atoms with Crippen molar-refractivity contribution < 1.29 is 4.74 Å². The molecule has 0 aliphatic rings. The summed E-state index contributed by atoms with van der Waals surface area (Å²) in [5, 5.41) is 3.45. The molecule has 0 fully saturated rings. The average Bonchev–Trinajstić information content (AvgIpc) is 2.48. The fourth-order valence-corrected chi connectivity index (χ4v) is 2.52. The second-order valence-corrected chi connectivity index (χ2v) is 5.81. The molecule has 110 valence electrons. The van der Waals surface area contributed by atoms with E-state index in [1.807, 2.05) is 6.07 Å². The molecule has 0 saturated heterocycles. The third-order valence-corrected chi connectivity index (χ3v) is 3.75. The zero-order chi connectivity index (χ0) is 15.1. The van der Waals surface area contributed by atoms with Gasteiger partial charge >= 0.3 is 0 Å². The minimum Gasteiger partial charge on any atom is -0.488 e. The Labute approximate surface area is 135 Å². The van der Waals surface area contributed by atoms with Crippen LogP contribution in [0.4, 0.5) is 0 Å². The maximum atomic E-state index is 5.54. The summed E-state index contributed by atoms with van der Waals surface area (Å²) in [5.74, 6) is 0.845. The molecule has 0 unspecified atom stereocenters. The third-order valence-electron chi connectivity index (χ3n) is 3.13. The van der Waals surface area contributed by atoms with Gasteiger partial charge in [-0.15, -0.1) is 0 Å². The SMILES string of the molecule is C=CCOc1ccc(CNCc2ccc(C)cc2)cc1Br. The molecular weight excluding hydrogens is 326 g/mol. The van der Waals surface area contributed by atoms with E-state index in [0.29, 0.717) is 6.61 Å². The average molecular weight is 346 g/mol. The van der Waals surface area contributed by atoms with Crippen molar-refractivity contribution in [2.45, 2.75) is 20.0 Å². The Bertz CT molecular complexity index is 593. The van der Waals surface area contributed by atoms with Gasteiger partial charge in [0, 0.05) is 13.1 Å². The molecule has 0 radical (unpaired) electrons. The summed E-state index contributed by atoms with van der Waals surface area (Å²) in [6, 6.07) is 14.7. The van der Waals surface area contributed by atoms with Crippen LogP contribution in [-0.2, 0) is 13.1 Å². The van der Waals surface area contributed by atoms with Gasteiger partial charge in [-0.05, 0) is 46.1 Å². The van der Waals surface area contributed by atoms with Gasteiger partial charge in [0.05, 0.1) is 4.47 Å². The molecule has 0 saturated carbocycles. The number of ether oxygens (including phenoxy) is 1. The van der Waals surface area contributed by atoms with E-state index in [1.165, 1.54) is 16.7 Å². The summed E-state index contributed by atoms with van der Waals surface area (Å²) in [7, 11) is 0. The molecule has 0 spiro atoms. The fourth-order valence-electron chi connectivity index (χ4n) is 1.98. The van der Waals surface area contributed by atoms with Crippen LogP contribution >= 0.6 is 15.9 Å². The second-order valence-electron chi connectivity index (χ2n) is 4.95. The normalized spacial score (nSPS) is 10.4. The topological polar surface area (TPSA) is 21.3 Å². The van der Waals surface area contributed by atoms with Crippen LogP contribution in [-0.4, -0.2) is 6.61 Å². The Morgan fingerprint density at radius 3 is 2.43 bits per heavy atom. The maximum absolute atomic E-state index is 5.54. The number of benzene rings is 2. The molecule has 2 nitrogen and oxygen atoms in total. The van der Waals surface area contributed by atoms with Gasteiger partial charge in [-0.1, -0.05) is 48.6 Å². The Kier molecular flexibility index (Phi) is 6.03. The molecule has 2 aromatic carbocycles. The van der Waals surface area contributed by atoms with Crippen LogP contribution < -0.4 is 10.1 Å². The predicted molar refractivity (Wildman–Crippen MR) is 91.6 cm³/mol. The lowest BCUT2D eigenvalue weighted by Crippen LogP contribution is -2.12. The maximum Gasteiger partial charge on any atom is 0.133 e. The van der Waals surface area contributed by atoms with E-state index in [-0.39, 0.29) is 0 Å². The molecule has 0 aromatic heterocycles. The van der Waals surface area contributed by atoms with Crippen molar-refractivity contribution in [1.29, 1.82) is 0 Å². The summed E-state index contributed by atoms with van der Waals surface area (Å²) in [5.41, 5.74) is 3.81. The highest BCUT2D eigenvalue weighted by molar-refractivity contribution is 9.10. The minimum absolute atomic E-state index is 0.517. The van der Waals surface area contributed by atoms with E-state index in [9.17, 15) is 0 Å². The van der Waals surface area contributed by atoms with Crippen molar-refractivity contribution in [3.8, 4) is 5.75 Å². The molecule has 0 bridgehead atoms. The monoisotopic (exact) mass is 345 g/mol. The second kappa shape index (κ2) is 8.01. The van der Waals surface area contributed by atoms with Crippen molar-refractivity contribution >= 4 is 15.9 Å². The van der Waals surface area contributed by atoms with Gasteiger partial charge in [-0.2, -0.15) is 0 Å². The van der Waals surface area contributed by atoms with Crippen LogP contribution in [0.5, 0.6) is 5.75 Å². The van der Waals surface area contributed by atoms with Crippen molar-refractivity contribution in [2.24, 2.45) is 0 Å². The van der Waals surface area contributed by atoms with Crippen LogP contribution in [0.3, 0.4) is 0 Å². The summed E-state index contributed by atoms with van der Waals surface area (Å²) in [4.78, 5) is 0. The number of halogens is 1. The first-order chi connectivity index (χ1) is 10.2. The molecule has 1 N–H and O–H groups in total. The van der Waals surface area contributed by atoms with E-state index in [0.717, 1.165) is 23.3 Å². The minimum atomic E-state index is 0.517. The van der Waals surface area contributed by atoms with Crippen LogP contribution in [0.2, 0.25) is 0 Å². The van der Waals surface area contributed by atoms with Crippen molar-refractivity contribution in [2.75, 3.05) is 6.61 Å². The van der Waals surface area contributed by atoms with Gasteiger partial charge in [-0.3, -0.25) is 0 Å². The van der Waals surface area contributed by atoms with E-state index in [2.05, 4.69) is 71.1 Å². The fraction of sp³-hybridized carbons (Fsp3) is 0.222. The molecule has 0 atom stereocenters. The van der Waals surface area contributed by atoms with Crippen molar-refractivity contribution in [3.05, 3.63) is 76.3 Å². The molecule has 0 aliphatic carbocycles. The first kappa shape index (κ1) is 15.8. The lowest BCUT2D eigenvalue weighted by atomic mass is 10.1. The number of hydrogen-bond acceptors (Lipinski definition) is 2. The largest absolute Gasteiger partial charge is 0.488 e. The van der Waals surface area contributed by atoms with Gasteiger partial charge < -0.3 is 10.1 Å². The van der Waals surface area contributed by atoms with Crippen LogP contribution in [0.1, 0.15) is 16.7 Å². The van der Waals surface area contributed by atoms with Gasteiger partial charge in [0.1, 0.15) is 12.4 Å². The Morgan fingerprint density at radius 2 is 1.76 bits per heavy atom. The lowest BCUT2D eigenvalue weighted by molar-refractivity contribution is 0.361. The van der Waals surface area contributed by atoms with Crippen molar-refractivity contribution in [3.63, 3.8) is 0 Å². The van der Waals surface area contributed by atoms with E-state index in [1.54, 1.807) is 6.08 Å². The Morgan fingerprint density at radius 1 is 1.10 bits per heavy atom. The quantitative estimate of drug-likeness (QED) is 0.739. The van der Waals surface area contributed by atoms with E-state index >= 15 is 0 Å². The summed E-state index contributed by atoms with van der Waals surface area (Å²) in [6.45, 7) is 7.96. The summed E-state index contributed by atoms with van der Waals surface area (Å²) < 4.78 is 6.51. The van der Waals surface area contributed by atoms with Gasteiger partial charge in [0.25, 0.3) is 0 Å². The van der Waals surface area contributed by atoms with Crippen LogP contribution in [0, 0.1) is 6.92 Å². The first-order valence-electron chi connectivity index (χ1n) is 6.97. The predicted octanol–water partition coefficient (Wildman–Crippen LogP) is 4.61. The van der Waals surface area contributed by atoms with Crippen LogP contribution in [0.15, 0.2) is 59.6 Å².